The number of aromatic carboxylic acids is 1. The van der Waals surface area contributed by atoms with Crippen LogP contribution in [-0.4, -0.2) is 45.7 Å². The van der Waals surface area contributed by atoms with Crippen molar-refractivity contribution in [3.05, 3.63) is 93.5 Å². The van der Waals surface area contributed by atoms with Crippen molar-refractivity contribution in [2.24, 2.45) is 0 Å². The Labute approximate surface area is 250 Å². The molecule has 1 amide bonds. The second-order valence-electron chi connectivity index (χ2n) is 9.52. The highest BCUT2D eigenvalue weighted by molar-refractivity contribution is 7.99. The highest BCUT2D eigenvalue weighted by Crippen LogP contribution is 2.42. The van der Waals surface area contributed by atoms with Gasteiger partial charge in [-0.15, -0.1) is 11.8 Å². The number of anilines is 1. The maximum absolute atomic E-state index is 13.6. The fourth-order valence-electron chi connectivity index (χ4n) is 4.66. The Bertz CT molecular complexity index is 1630. The zero-order valence-corrected chi connectivity index (χ0v) is 24.4. The summed E-state index contributed by atoms with van der Waals surface area (Å²) < 4.78 is 21.1. The number of hydrogen-bond acceptors (Lipinski definition) is 5. The van der Waals surface area contributed by atoms with E-state index in [9.17, 15) is 19.1 Å². The van der Waals surface area contributed by atoms with Crippen molar-refractivity contribution in [3.63, 3.8) is 0 Å². The number of halogens is 3. The summed E-state index contributed by atoms with van der Waals surface area (Å²) in [6.07, 6.45) is 4.45. The first-order chi connectivity index (χ1) is 19.7. The number of carbonyl (C=O) groups excluding carboxylic acids is 1. The summed E-state index contributed by atoms with van der Waals surface area (Å²) >= 11 is 14.0. The van der Waals surface area contributed by atoms with Crippen LogP contribution in [0.2, 0.25) is 10.0 Å². The van der Waals surface area contributed by atoms with Gasteiger partial charge in [0.05, 0.1) is 35.6 Å². The number of fused-ring (bicyclic) bond motifs is 1. The van der Waals surface area contributed by atoms with Crippen LogP contribution in [0.5, 0.6) is 5.75 Å². The third kappa shape index (κ3) is 6.37. The molecule has 0 saturated heterocycles. The molecule has 0 atom stereocenters. The van der Waals surface area contributed by atoms with Gasteiger partial charge >= 0.3 is 5.97 Å². The number of carboxylic acid groups (broad SMARTS) is 1. The molecule has 5 rings (SSSR count). The van der Waals surface area contributed by atoms with Crippen LogP contribution in [0.4, 0.5) is 10.1 Å². The molecule has 1 aliphatic rings. The number of ether oxygens (including phenoxy) is 1. The Balaban J connectivity index is 1.27. The fourth-order valence-corrected chi connectivity index (χ4v) is 6.14. The molecule has 4 aromatic rings. The minimum Gasteiger partial charge on any atom is -0.493 e. The Kier molecular flexibility index (Phi) is 8.87. The normalized spacial score (nSPS) is 12.7. The van der Waals surface area contributed by atoms with Gasteiger partial charge in [0.1, 0.15) is 11.6 Å². The topological polar surface area (TPSA) is 84.7 Å². The van der Waals surface area contributed by atoms with Crippen molar-refractivity contribution < 1.29 is 23.8 Å². The molecular weight excluding hydrogens is 588 g/mol. The monoisotopic (exact) mass is 613 g/mol. The van der Waals surface area contributed by atoms with Gasteiger partial charge in [-0.1, -0.05) is 35.3 Å². The molecule has 1 aliphatic heterocycles. The van der Waals surface area contributed by atoms with E-state index < -0.39 is 11.8 Å². The van der Waals surface area contributed by atoms with Gasteiger partial charge < -0.3 is 14.7 Å². The van der Waals surface area contributed by atoms with E-state index >= 15 is 0 Å². The predicted octanol–water partition coefficient (Wildman–Crippen LogP) is 7.35. The van der Waals surface area contributed by atoms with E-state index in [1.54, 1.807) is 47.8 Å². The summed E-state index contributed by atoms with van der Waals surface area (Å²) in [7, 11) is 0. The van der Waals surface area contributed by atoms with Crippen LogP contribution < -0.4 is 9.64 Å². The number of amides is 1. The van der Waals surface area contributed by atoms with Gasteiger partial charge in [0.25, 0.3) is 0 Å². The van der Waals surface area contributed by atoms with Crippen LogP contribution >= 0.6 is 35.0 Å². The van der Waals surface area contributed by atoms with Crippen molar-refractivity contribution in [1.29, 1.82) is 0 Å². The number of aromatic nitrogens is 2. The molecule has 11 heteroatoms. The Morgan fingerprint density at radius 2 is 2.00 bits per heavy atom. The fraction of sp³-hybridized carbons (Fsp3) is 0.233. The SMILES string of the molecule is Cc1c(OCCCC(=O)N2CCSc3c(-c4cnn(Cc5cc(C(=O)O)ccc5Cl)c4)cccc32)ccc(F)c1Cl. The largest absolute Gasteiger partial charge is 0.493 e. The second kappa shape index (κ2) is 12.5. The van der Waals surface area contributed by atoms with E-state index in [2.05, 4.69) is 5.10 Å². The molecule has 3 aromatic carbocycles. The zero-order valence-electron chi connectivity index (χ0n) is 22.1. The molecule has 1 aromatic heterocycles. The lowest BCUT2D eigenvalue weighted by Gasteiger charge is -2.30. The molecule has 212 valence electrons. The highest BCUT2D eigenvalue weighted by atomic mass is 35.5. The number of hydrogen-bond donors (Lipinski definition) is 1. The van der Waals surface area contributed by atoms with Crippen LogP contribution in [0.15, 0.2) is 65.8 Å². The van der Waals surface area contributed by atoms with Crippen LogP contribution in [-0.2, 0) is 11.3 Å². The van der Waals surface area contributed by atoms with Gasteiger partial charge in [-0.2, -0.15) is 5.10 Å². The number of carbonyl (C=O) groups is 2. The first-order valence-corrected chi connectivity index (χ1v) is 14.6. The first-order valence-electron chi connectivity index (χ1n) is 12.9. The van der Waals surface area contributed by atoms with Crippen LogP contribution in [0, 0.1) is 12.7 Å². The van der Waals surface area contributed by atoms with Gasteiger partial charge in [0, 0.05) is 51.5 Å². The molecular formula is C30H26Cl2FN3O4S. The van der Waals surface area contributed by atoms with Gasteiger partial charge in [-0.25, -0.2) is 9.18 Å². The summed E-state index contributed by atoms with van der Waals surface area (Å²) in [5.74, 6) is -0.243. The quantitative estimate of drug-likeness (QED) is 0.199. The molecule has 0 radical (unpaired) electrons. The molecule has 0 saturated carbocycles. The van der Waals surface area contributed by atoms with E-state index in [1.165, 1.54) is 12.1 Å². The standard InChI is InChI=1S/C30H26Cl2FN3O4S/c1-18-26(10-9-24(33)28(18)32)40-12-3-6-27(37)36-11-13-41-29-22(4-2-5-25(29)36)21-15-34-35(17-21)16-20-14-19(30(38)39)7-8-23(20)31/h2,4-5,7-10,14-15,17H,3,6,11-13,16H2,1H3,(H,38,39). The Hall–Kier alpha value is -3.53. The number of benzene rings is 3. The summed E-state index contributed by atoms with van der Waals surface area (Å²) in [5, 5.41) is 14.3. The predicted molar refractivity (Wildman–Crippen MR) is 159 cm³/mol. The van der Waals surface area contributed by atoms with Crippen LogP contribution in [0.1, 0.15) is 34.3 Å². The van der Waals surface area contributed by atoms with Gasteiger partial charge in [-0.3, -0.25) is 9.48 Å². The van der Waals surface area contributed by atoms with Crippen molar-refractivity contribution in [3.8, 4) is 16.9 Å². The molecule has 0 aliphatic carbocycles. The molecule has 7 nitrogen and oxygen atoms in total. The number of carboxylic acids is 1. The van der Waals surface area contributed by atoms with E-state index in [1.807, 2.05) is 29.3 Å². The molecule has 0 unspecified atom stereocenters. The molecule has 2 heterocycles. The number of rotatable bonds is 9. The molecule has 41 heavy (non-hydrogen) atoms. The third-order valence-corrected chi connectivity index (χ3v) is 8.74. The van der Waals surface area contributed by atoms with E-state index in [4.69, 9.17) is 27.9 Å². The van der Waals surface area contributed by atoms with Crippen molar-refractivity contribution in [2.75, 3.05) is 23.8 Å². The van der Waals surface area contributed by atoms with Gasteiger partial charge in [0.2, 0.25) is 5.91 Å². The third-order valence-electron chi connectivity index (χ3n) is 6.80. The summed E-state index contributed by atoms with van der Waals surface area (Å²) in [5.41, 5.74) is 4.06. The lowest BCUT2D eigenvalue weighted by atomic mass is 10.1. The first kappa shape index (κ1) is 29.0. The summed E-state index contributed by atoms with van der Waals surface area (Å²) in [4.78, 5) is 27.4. The zero-order chi connectivity index (χ0) is 29.1. The van der Waals surface area contributed by atoms with E-state index in [0.29, 0.717) is 54.4 Å². The van der Waals surface area contributed by atoms with Crippen molar-refractivity contribution >= 4 is 52.5 Å². The lowest BCUT2D eigenvalue weighted by molar-refractivity contribution is -0.118. The molecule has 0 fully saturated rings. The lowest BCUT2D eigenvalue weighted by Crippen LogP contribution is -2.35. The average molecular weight is 615 g/mol. The maximum atomic E-state index is 13.6. The minimum absolute atomic E-state index is 0.00445. The van der Waals surface area contributed by atoms with E-state index in [0.717, 1.165) is 27.5 Å². The van der Waals surface area contributed by atoms with Crippen molar-refractivity contribution in [2.45, 2.75) is 31.2 Å². The average Bonchev–Trinajstić information content (AvgIpc) is 3.43. The smallest absolute Gasteiger partial charge is 0.335 e. The van der Waals surface area contributed by atoms with E-state index in [-0.39, 0.29) is 16.5 Å². The molecule has 0 bridgehead atoms. The molecule has 0 spiro atoms. The van der Waals surface area contributed by atoms with Gasteiger partial charge in [-0.05, 0) is 55.3 Å². The van der Waals surface area contributed by atoms with Crippen LogP contribution in [0.3, 0.4) is 0 Å². The summed E-state index contributed by atoms with van der Waals surface area (Å²) in [6, 6.07) is 13.3. The number of nitrogens with zero attached hydrogens (tertiary/aromatic N) is 3. The van der Waals surface area contributed by atoms with Crippen molar-refractivity contribution in [1.82, 2.24) is 9.78 Å². The minimum atomic E-state index is -1.02. The van der Waals surface area contributed by atoms with Gasteiger partial charge in [0.15, 0.2) is 0 Å². The second-order valence-corrected chi connectivity index (χ2v) is 11.4. The highest BCUT2D eigenvalue weighted by Gasteiger charge is 2.25. The molecule has 1 N–H and O–H groups in total. The number of thioether (sulfide) groups is 1. The van der Waals surface area contributed by atoms with Crippen LogP contribution in [0.25, 0.3) is 11.1 Å². The maximum Gasteiger partial charge on any atom is 0.335 e. The Morgan fingerprint density at radius 1 is 1.17 bits per heavy atom. The Morgan fingerprint density at radius 3 is 2.80 bits per heavy atom. The summed E-state index contributed by atoms with van der Waals surface area (Å²) in [6.45, 7) is 2.92.